The molecule has 1 N–H and O–H groups in total. The number of nitrogens with zero attached hydrogens (tertiary/aromatic N) is 2. The Hall–Kier alpha value is -1.75. The van der Waals surface area contributed by atoms with Crippen LogP contribution in [0.3, 0.4) is 0 Å². The molecule has 0 aliphatic heterocycles. The second-order valence-electron chi connectivity index (χ2n) is 5.04. The highest BCUT2D eigenvalue weighted by molar-refractivity contribution is 5.20. The van der Waals surface area contributed by atoms with Crippen molar-refractivity contribution in [3.8, 4) is 0 Å². The molecule has 114 valence electrons. The third-order valence-electron chi connectivity index (χ3n) is 3.40. The van der Waals surface area contributed by atoms with Gasteiger partial charge in [0, 0.05) is 18.9 Å². The van der Waals surface area contributed by atoms with Gasteiger partial charge in [-0.25, -0.2) is 13.8 Å². The van der Waals surface area contributed by atoms with Crippen LogP contribution in [0.1, 0.15) is 37.7 Å². The zero-order valence-corrected chi connectivity index (χ0v) is 12.4. The van der Waals surface area contributed by atoms with Crippen LogP contribution in [-0.2, 0) is 13.0 Å². The molecule has 2 aromatic rings. The van der Waals surface area contributed by atoms with Gasteiger partial charge in [0.05, 0.1) is 6.04 Å². The molecular formula is C16H21F2N3. The van der Waals surface area contributed by atoms with E-state index in [-0.39, 0.29) is 6.04 Å². The molecule has 1 atom stereocenters. The van der Waals surface area contributed by atoms with Gasteiger partial charge < -0.3 is 9.88 Å². The topological polar surface area (TPSA) is 29.9 Å². The molecule has 21 heavy (non-hydrogen) atoms. The summed E-state index contributed by atoms with van der Waals surface area (Å²) in [7, 11) is 0. The van der Waals surface area contributed by atoms with Crippen LogP contribution in [0, 0.1) is 11.6 Å². The van der Waals surface area contributed by atoms with Crippen LogP contribution < -0.4 is 5.32 Å². The molecule has 1 unspecified atom stereocenters. The number of aromatic nitrogens is 2. The fourth-order valence-corrected chi connectivity index (χ4v) is 2.46. The number of benzene rings is 1. The minimum Gasteiger partial charge on any atom is -0.334 e. The molecule has 1 aromatic heterocycles. The van der Waals surface area contributed by atoms with Crippen molar-refractivity contribution in [1.82, 2.24) is 14.9 Å². The van der Waals surface area contributed by atoms with Gasteiger partial charge in [-0.05, 0) is 37.1 Å². The second kappa shape index (κ2) is 7.31. The van der Waals surface area contributed by atoms with Gasteiger partial charge in [-0.2, -0.15) is 0 Å². The maximum Gasteiger partial charge on any atom is 0.159 e. The summed E-state index contributed by atoms with van der Waals surface area (Å²) < 4.78 is 28.5. The van der Waals surface area contributed by atoms with Crippen molar-refractivity contribution in [1.29, 1.82) is 0 Å². The highest BCUT2D eigenvalue weighted by Gasteiger charge is 2.17. The van der Waals surface area contributed by atoms with E-state index in [1.807, 2.05) is 13.1 Å². The Morgan fingerprint density at radius 3 is 2.71 bits per heavy atom. The lowest BCUT2D eigenvalue weighted by molar-refractivity contribution is 0.481. The average Bonchev–Trinajstić information content (AvgIpc) is 2.91. The molecule has 0 amide bonds. The van der Waals surface area contributed by atoms with Crippen molar-refractivity contribution >= 4 is 0 Å². The minimum absolute atomic E-state index is 0.0126. The predicted molar refractivity (Wildman–Crippen MR) is 79.0 cm³/mol. The van der Waals surface area contributed by atoms with Crippen LogP contribution in [-0.4, -0.2) is 16.1 Å². The molecule has 5 heteroatoms. The van der Waals surface area contributed by atoms with E-state index in [1.165, 1.54) is 12.1 Å². The van der Waals surface area contributed by atoms with Crippen LogP contribution >= 0.6 is 0 Å². The van der Waals surface area contributed by atoms with Crippen LogP contribution in [0.25, 0.3) is 0 Å². The smallest absolute Gasteiger partial charge is 0.159 e. The number of likely N-dealkylation sites (N-methyl/N-ethyl adjacent to an activating group) is 1. The monoisotopic (exact) mass is 293 g/mol. The molecule has 1 aromatic carbocycles. The third-order valence-corrected chi connectivity index (χ3v) is 3.40. The van der Waals surface area contributed by atoms with Crippen molar-refractivity contribution in [3.05, 3.63) is 53.6 Å². The molecule has 3 nitrogen and oxygen atoms in total. The first-order valence-electron chi connectivity index (χ1n) is 7.34. The Morgan fingerprint density at radius 1 is 1.24 bits per heavy atom. The van der Waals surface area contributed by atoms with Crippen molar-refractivity contribution < 1.29 is 8.78 Å². The number of hydrogen-bond donors (Lipinski definition) is 1. The molecule has 0 aliphatic rings. The Kier molecular flexibility index (Phi) is 5.44. The Labute approximate surface area is 124 Å². The summed E-state index contributed by atoms with van der Waals surface area (Å²) in [6.45, 7) is 5.81. The SMILES string of the molecule is CCCn1ccnc1C(Cc1ccc(F)c(F)c1)NCC. The van der Waals surface area contributed by atoms with E-state index in [4.69, 9.17) is 0 Å². The molecule has 0 bridgehead atoms. The highest BCUT2D eigenvalue weighted by atomic mass is 19.2. The number of halogens is 2. The highest BCUT2D eigenvalue weighted by Crippen LogP contribution is 2.19. The summed E-state index contributed by atoms with van der Waals surface area (Å²) in [6.07, 6.45) is 5.33. The number of rotatable bonds is 7. The van der Waals surface area contributed by atoms with Crippen LogP contribution in [0.2, 0.25) is 0 Å². The first kappa shape index (κ1) is 15.6. The largest absolute Gasteiger partial charge is 0.334 e. The fourth-order valence-electron chi connectivity index (χ4n) is 2.46. The molecule has 1 heterocycles. The lowest BCUT2D eigenvalue weighted by Gasteiger charge is -2.19. The normalized spacial score (nSPS) is 12.6. The molecule has 0 radical (unpaired) electrons. The number of hydrogen-bond acceptors (Lipinski definition) is 2. The van der Waals surface area contributed by atoms with E-state index >= 15 is 0 Å². The second-order valence-corrected chi connectivity index (χ2v) is 5.04. The van der Waals surface area contributed by atoms with E-state index in [1.54, 1.807) is 12.3 Å². The van der Waals surface area contributed by atoms with Gasteiger partial charge in [0.25, 0.3) is 0 Å². The molecule has 0 saturated carbocycles. The van der Waals surface area contributed by atoms with Gasteiger partial charge in [-0.1, -0.05) is 19.9 Å². The van der Waals surface area contributed by atoms with E-state index in [9.17, 15) is 8.78 Å². The Bertz CT molecular complexity index is 581. The first-order chi connectivity index (χ1) is 10.2. The Morgan fingerprint density at radius 2 is 2.05 bits per heavy atom. The van der Waals surface area contributed by atoms with Crippen LogP contribution in [0.4, 0.5) is 8.78 Å². The van der Waals surface area contributed by atoms with Gasteiger partial charge in [0.2, 0.25) is 0 Å². The molecule has 0 saturated heterocycles. The molecular weight excluding hydrogens is 272 g/mol. The number of imidazole rings is 1. The standard InChI is InChI=1S/C16H21F2N3/c1-3-8-21-9-7-20-16(21)15(19-4-2)11-12-5-6-13(17)14(18)10-12/h5-7,9-10,15,19H,3-4,8,11H2,1-2H3. The summed E-state index contributed by atoms with van der Waals surface area (Å²) in [6, 6.07) is 4.04. The molecule has 0 fully saturated rings. The maximum absolute atomic E-state index is 13.3. The number of aryl methyl sites for hydroxylation is 1. The van der Waals surface area contributed by atoms with Gasteiger partial charge in [-0.15, -0.1) is 0 Å². The third kappa shape index (κ3) is 3.88. The van der Waals surface area contributed by atoms with E-state index in [2.05, 4.69) is 21.8 Å². The van der Waals surface area contributed by atoms with E-state index in [0.717, 1.165) is 30.9 Å². The predicted octanol–water partition coefficient (Wildman–Crippen LogP) is 3.46. The first-order valence-corrected chi connectivity index (χ1v) is 7.34. The quantitative estimate of drug-likeness (QED) is 0.847. The summed E-state index contributed by atoms with van der Waals surface area (Å²) in [4.78, 5) is 4.42. The van der Waals surface area contributed by atoms with E-state index < -0.39 is 11.6 Å². The molecule has 0 aliphatic carbocycles. The Balaban J connectivity index is 2.22. The molecule has 2 rings (SSSR count). The average molecular weight is 293 g/mol. The zero-order chi connectivity index (χ0) is 15.2. The summed E-state index contributed by atoms with van der Waals surface area (Å²) in [5, 5.41) is 3.37. The lowest BCUT2D eigenvalue weighted by Crippen LogP contribution is -2.26. The summed E-state index contributed by atoms with van der Waals surface area (Å²) >= 11 is 0. The lowest BCUT2D eigenvalue weighted by atomic mass is 10.0. The molecule has 0 spiro atoms. The van der Waals surface area contributed by atoms with Gasteiger partial charge >= 0.3 is 0 Å². The fraction of sp³-hybridized carbons (Fsp3) is 0.438. The summed E-state index contributed by atoms with van der Waals surface area (Å²) in [5.74, 6) is -0.686. The minimum atomic E-state index is -0.814. The van der Waals surface area contributed by atoms with Gasteiger partial charge in [0.15, 0.2) is 11.6 Å². The van der Waals surface area contributed by atoms with Crippen molar-refractivity contribution in [3.63, 3.8) is 0 Å². The van der Waals surface area contributed by atoms with Crippen LogP contribution in [0.5, 0.6) is 0 Å². The van der Waals surface area contributed by atoms with Crippen molar-refractivity contribution in [2.75, 3.05) is 6.54 Å². The van der Waals surface area contributed by atoms with Crippen molar-refractivity contribution in [2.24, 2.45) is 0 Å². The van der Waals surface area contributed by atoms with Crippen LogP contribution in [0.15, 0.2) is 30.6 Å². The number of nitrogens with one attached hydrogen (secondary N) is 1. The van der Waals surface area contributed by atoms with Gasteiger partial charge in [0.1, 0.15) is 5.82 Å². The van der Waals surface area contributed by atoms with Gasteiger partial charge in [-0.3, -0.25) is 0 Å². The summed E-state index contributed by atoms with van der Waals surface area (Å²) in [5.41, 5.74) is 0.755. The van der Waals surface area contributed by atoms with E-state index in [0.29, 0.717) is 6.42 Å². The zero-order valence-electron chi connectivity index (χ0n) is 12.4. The van der Waals surface area contributed by atoms with Crippen molar-refractivity contribution in [2.45, 2.75) is 39.3 Å². The maximum atomic E-state index is 13.3.